The van der Waals surface area contributed by atoms with E-state index in [0.717, 1.165) is 25.9 Å². The van der Waals surface area contributed by atoms with E-state index in [0.29, 0.717) is 28.9 Å². The van der Waals surface area contributed by atoms with Gasteiger partial charge >= 0.3 is 12.1 Å². The molecule has 0 saturated carbocycles. The predicted molar refractivity (Wildman–Crippen MR) is 94.8 cm³/mol. The van der Waals surface area contributed by atoms with Gasteiger partial charge in [0.05, 0.1) is 16.6 Å². The van der Waals surface area contributed by atoms with Crippen LogP contribution in [0, 0.1) is 0 Å². The molecule has 1 aliphatic heterocycles. The molecule has 0 bridgehead atoms. The van der Waals surface area contributed by atoms with Crippen molar-refractivity contribution in [1.29, 1.82) is 0 Å². The van der Waals surface area contributed by atoms with E-state index in [1.165, 1.54) is 16.8 Å². The number of benzene rings is 1. The van der Waals surface area contributed by atoms with Crippen LogP contribution in [0.1, 0.15) is 37.3 Å². The number of ether oxygens (including phenoxy) is 1. The van der Waals surface area contributed by atoms with Gasteiger partial charge in [0, 0.05) is 5.92 Å². The van der Waals surface area contributed by atoms with E-state index in [2.05, 4.69) is 25.3 Å². The molecule has 1 aliphatic rings. The zero-order valence-electron chi connectivity index (χ0n) is 15.5. The zero-order valence-corrected chi connectivity index (χ0v) is 15.5. The Hall–Kier alpha value is -2.95. The largest absolute Gasteiger partial charge is 0.491 e. The Bertz CT molecular complexity index is 1040. The lowest BCUT2D eigenvalue weighted by Crippen LogP contribution is -2.28. The number of nitrogens with one attached hydrogen (secondary N) is 1. The van der Waals surface area contributed by atoms with E-state index >= 15 is 0 Å². The van der Waals surface area contributed by atoms with Crippen LogP contribution in [0.25, 0.3) is 16.9 Å². The third-order valence-electron chi connectivity index (χ3n) is 4.82. The number of alkyl halides is 3. The van der Waals surface area contributed by atoms with Crippen molar-refractivity contribution < 1.29 is 27.2 Å². The van der Waals surface area contributed by atoms with Crippen molar-refractivity contribution in [1.82, 2.24) is 25.2 Å². The highest BCUT2D eigenvalue weighted by atomic mass is 19.4. The second-order valence-electron chi connectivity index (χ2n) is 6.71. The first kappa shape index (κ1) is 19.4. The molecular formula is C18H18F3N5O3. The summed E-state index contributed by atoms with van der Waals surface area (Å²) in [4.78, 5) is 15.8. The van der Waals surface area contributed by atoms with Crippen molar-refractivity contribution >= 4 is 16.9 Å². The number of piperidine rings is 1. The minimum atomic E-state index is -5.10. The maximum Gasteiger partial charge on any atom is 0.491 e. The number of halogens is 3. The van der Waals surface area contributed by atoms with Crippen LogP contribution in [0.2, 0.25) is 0 Å². The van der Waals surface area contributed by atoms with Crippen molar-refractivity contribution in [2.45, 2.75) is 38.3 Å². The summed E-state index contributed by atoms with van der Waals surface area (Å²) in [6, 6.07) is 4.42. The van der Waals surface area contributed by atoms with E-state index in [4.69, 9.17) is 4.52 Å². The smallest absolute Gasteiger partial charge is 0.419 e. The van der Waals surface area contributed by atoms with Gasteiger partial charge in [0.15, 0.2) is 0 Å². The third kappa shape index (κ3) is 3.69. The van der Waals surface area contributed by atoms with Gasteiger partial charge in [-0.05, 0) is 49.6 Å². The molecule has 1 saturated heterocycles. The maximum atomic E-state index is 12.6. The van der Waals surface area contributed by atoms with Crippen LogP contribution in [0.3, 0.4) is 0 Å². The fourth-order valence-electron chi connectivity index (χ4n) is 3.40. The lowest BCUT2D eigenvalue weighted by atomic mass is 9.98. The molecule has 11 heteroatoms. The van der Waals surface area contributed by atoms with Crippen molar-refractivity contribution in [2.75, 3.05) is 13.1 Å². The van der Waals surface area contributed by atoms with Gasteiger partial charge in [-0.3, -0.25) is 0 Å². The van der Waals surface area contributed by atoms with E-state index in [9.17, 15) is 18.0 Å². The highest BCUT2D eigenvalue weighted by molar-refractivity contribution is 5.92. The minimum Gasteiger partial charge on any atom is -0.419 e. The third-order valence-corrected chi connectivity index (χ3v) is 4.82. The Morgan fingerprint density at radius 3 is 2.79 bits per heavy atom. The Balaban J connectivity index is 1.74. The molecule has 8 nitrogen and oxygen atoms in total. The number of hydrogen-bond acceptors (Lipinski definition) is 7. The second kappa shape index (κ2) is 7.47. The fraction of sp³-hybridized carbons (Fsp3) is 0.444. The number of rotatable bonds is 4. The van der Waals surface area contributed by atoms with Crippen LogP contribution in [-0.4, -0.2) is 45.2 Å². The highest BCUT2D eigenvalue weighted by Gasteiger charge is 2.41. The molecule has 2 aromatic heterocycles. The second-order valence-corrected chi connectivity index (χ2v) is 6.71. The lowest BCUT2D eigenvalue weighted by Gasteiger charge is -2.18. The molecular weight excluding hydrogens is 391 g/mol. The molecule has 3 aromatic rings. The van der Waals surface area contributed by atoms with Crippen molar-refractivity contribution in [2.24, 2.45) is 0 Å². The highest BCUT2D eigenvalue weighted by Crippen LogP contribution is 2.32. The first-order valence-electron chi connectivity index (χ1n) is 9.22. The number of aromatic nitrogens is 4. The summed E-state index contributed by atoms with van der Waals surface area (Å²) in [5.41, 5.74) is 0.880. The summed E-state index contributed by atoms with van der Waals surface area (Å²) >= 11 is 0. The van der Waals surface area contributed by atoms with Gasteiger partial charge in [0.1, 0.15) is 5.75 Å². The molecule has 0 amide bonds. The predicted octanol–water partition coefficient (Wildman–Crippen LogP) is 2.91. The number of nitrogens with zero attached hydrogens (tertiary/aromatic N) is 4. The summed E-state index contributed by atoms with van der Waals surface area (Å²) in [5.74, 6) is -1.67. The summed E-state index contributed by atoms with van der Waals surface area (Å²) in [6.45, 7) is 3.52. The molecule has 0 atom stereocenters. The number of carbonyl (C=O) groups is 1. The van der Waals surface area contributed by atoms with E-state index in [1.807, 2.05) is 0 Å². The molecule has 3 heterocycles. The molecule has 0 spiro atoms. The lowest BCUT2D eigenvalue weighted by molar-refractivity contribution is -0.189. The van der Waals surface area contributed by atoms with E-state index in [1.54, 1.807) is 13.0 Å². The number of aryl methyl sites for hydroxylation is 1. The molecule has 0 unspecified atom stereocenters. The zero-order chi connectivity index (χ0) is 20.6. The Kier molecular flexibility index (Phi) is 4.99. The Morgan fingerprint density at radius 1 is 1.34 bits per heavy atom. The molecule has 1 N–H and O–H groups in total. The van der Waals surface area contributed by atoms with E-state index < -0.39 is 12.1 Å². The fourth-order valence-corrected chi connectivity index (χ4v) is 3.40. The summed E-state index contributed by atoms with van der Waals surface area (Å²) < 4.78 is 49.3. The maximum absolute atomic E-state index is 12.6. The minimum absolute atomic E-state index is 0.147. The molecule has 4 rings (SSSR count). The monoisotopic (exact) mass is 409 g/mol. The van der Waals surface area contributed by atoms with Gasteiger partial charge in [-0.25, -0.2) is 4.79 Å². The van der Waals surface area contributed by atoms with Gasteiger partial charge in [-0.2, -0.15) is 27.9 Å². The van der Waals surface area contributed by atoms with Gasteiger partial charge in [0.25, 0.3) is 5.95 Å². The number of carbonyl (C=O) groups excluding carboxylic acids is 1. The Morgan fingerprint density at radius 2 is 2.10 bits per heavy atom. The van der Waals surface area contributed by atoms with Crippen LogP contribution < -0.4 is 10.1 Å². The topological polar surface area (TPSA) is 95.1 Å². The van der Waals surface area contributed by atoms with Crippen LogP contribution in [0.15, 0.2) is 22.7 Å². The average molecular weight is 409 g/mol. The van der Waals surface area contributed by atoms with Crippen LogP contribution in [0.4, 0.5) is 13.2 Å². The molecule has 1 aromatic carbocycles. The quantitative estimate of drug-likeness (QED) is 0.523. The summed E-state index contributed by atoms with van der Waals surface area (Å²) in [7, 11) is 0. The number of hydrogen-bond donors (Lipinski definition) is 1. The first-order chi connectivity index (χ1) is 13.9. The normalized spacial score (nSPS) is 15.7. The van der Waals surface area contributed by atoms with Crippen molar-refractivity contribution in [3.05, 3.63) is 29.8 Å². The molecule has 1 fully saturated rings. The SMILES string of the molecule is CCc1nn(-c2noc(C3CCNCC3)n2)c2cccc(OC(=O)C(F)(F)F)c12. The molecule has 154 valence electrons. The van der Waals surface area contributed by atoms with Crippen molar-refractivity contribution in [3.63, 3.8) is 0 Å². The molecule has 0 aliphatic carbocycles. The number of fused-ring (bicyclic) bond motifs is 1. The molecule has 29 heavy (non-hydrogen) atoms. The molecule has 0 radical (unpaired) electrons. The average Bonchev–Trinajstić information content (AvgIpc) is 3.33. The van der Waals surface area contributed by atoms with Gasteiger partial charge in [0.2, 0.25) is 5.89 Å². The summed E-state index contributed by atoms with van der Waals surface area (Å²) in [5, 5.41) is 12.0. The van der Waals surface area contributed by atoms with Crippen LogP contribution >= 0.6 is 0 Å². The number of esters is 1. The van der Waals surface area contributed by atoms with Crippen LogP contribution in [-0.2, 0) is 11.2 Å². The van der Waals surface area contributed by atoms with E-state index in [-0.39, 0.29) is 17.6 Å². The van der Waals surface area contributed by atoms with Gasteiger partial charge < -0.3 is 14.6 Å². The first-order valence-corrected chi connectivity index (χ1v) is 9.22. The van der Waals surface area contributed by atoms with Crippen LogP contribution in [0.5, 0.6) is 5.75 Å². The van der Waals surface area contributed by atoms with Gasteiger partial charge in [-0.15, -0.1) is 0 Å². The van der Waals surface area contributed by atoms with Gasteiger partial charge in [-0.1, -0.05) is 13.0 Å². The summed E-state index contributed by atoms with van der Waals surface area (Å²) in [6.07, 6.45) is -2.94. The Labute approximate surface area is 163 Å². The standard InChI is InChI=1S/C18H18F3N5O3/c1-2-11-14-12(4-3-5-13(14)28-16(27)18(19,20)21)26(24-11)17-23-15(29-25-17)10-6-8-22-9-7-10/h3-5,10,22H,2,6-9H2,1H3. The van der Waals surface area contributed by atoms with Crippen molar-refractivity contribution in [3.8, 4) is 11.7 Å².